The Balaban J connectivity index is 1.52. The van der Waals surface area contributed by atoms with E-state index in [1.54, 1.807) is 17.0 Å². The second-order valence-corrected chi connectivity index (χ2v) is 11.4. The summed E-state index contributed by atoms with van der Waals surface area (Å²) in [5.41, 5.74) is 2.78. The Hall–Kier alpha value is -2.52. The lowest BCUT2D eigenvalue weighted by atomic mass is 9.99. The van der Waals surface area contributed by atoms with E-state index in [0.717, 1.165) is 24.0 Å². The Morgan fingerprint density at radius 1 is 1.12 bits per heavy atom. The summed E-state index contributed by atoms with van der Waals surface area (Å²) in [6.07, 6.45) is 1.88. The number of amides is 2. The maximum atomic E-state index is 12.9. The molecule has 9 heteroatoms. The molecule has 0 saturated carbocycles. The first-order valence-corrected chi connectivity index (χ1v) is 13.0. The second kappa shape index (κ2) is 8.78. The molecule has 2 aromatic carbocycles. The number of anilines is 2. The van der Waals surface area contributed by atoms with Gasteiger partial charge in [-0.2, -0.15) is 0 Å². The summed E-state index contributed by atoms with van der Waals surface area (Å²) in [5, 5.41) is 1.88. The molecule has 2 aliphatic rings. The number of likely N-dealkylation sites (tertiary alicyclic amines) is 1. The fourth-order valence-electron chi connectivity index (χ4n) is 3.94. The molecule has 170 valence electrons. The molecular formula is C23H27N3O4S2. The Kier molecular flexibility index (Phi) is 6.22. The number of nitrogens with one attached hydrogen (secondary N) is 2. The van der Waals surface area contributed by atoms with Gasteiger partial charge in [0.05, 0.1) is 16.3 Å². The number of benzene rings is 2. The highest BCUT2D eigenvalue weighted by Crippen LogP contribution is 2.38. The largest absolute Gasteiger partial charge is 0.341 e. The first kappa shape index (κ1) is 22.7. The number of rotatable bonds is 4. The van der Waals surface area contributed by atoms with E-state index < -0.39 is 21.2 Å². The molecule has 0 aromatic heterocycles. The molecule has 0 unspecified atom stereocenters. The van der Waals surface area contributed by atoms with Gasteiger partial charge >= 0.3 is 0 Å². The lowest BCUT2D eigenvalue weighted by Gasteiger charge is -2.33. The van der Waals surface area contributed by atoms with E-state index in [0.29, 0.717) is 35.3 Å². The van der Waals surface area contributed by atoms with Gasteiger partial charge in [0.25, 0.3) is 10.0 Å². The number of hydrogen-bond donors (Lipinski definition) is 2. The predicted octanol–water partition coefficient (Wildman–Crippen LogP) is 3.78. The number of thioether (sulfide) groups is 1. The second-order valence-electron chi connectivity index (χ2n) is 8.58. The van der Waals surface area contributed by atoms with E-state index in [1.165, 1.54) is 23.9 Å². The quantitative estimate of drug-likeness (QED) is 0.659. The topological polar surface area (TPSA) is 95.6 Å². The van der Waals surface area contributed by atoms with Crippen molar-refractivity contribution in [3.8, 4) is 0 Å². The van der Waals surface area contributed by atoms with Crippen LogP contribution in [0.5, 0.6) is 0 Å². The maximum absolute atomic E-state index is 12.9. The summed E-state index contributed by atoms with van der Waals surface area (Å²) in [4.78, 5) is 28.1. The van der Waals surface area contributed by atoms with Gasteiger partial charge in [0.1, 0.15) is 0 Å². The van der Waals surface area contributed by atoms with Gasteiger partial charge in [-0.1, -0.05) is 24.6 Å². The van der Waals surface area contributed by atoms with Gasteiger partial charge in [0.2, 0.25) is 11.8 Å². The van der Waals surface area contributed by atoms with Crippen LogP contribution in [0.3, 0.4) is 0 Å². The fourth-order valence-corrected chi connectivity index (χ4v) is 6.15. The van der Waals surface area contributed by atoms with Crippen molar-refractivity contribution in [2.24, 2.45) is 5.92 Å². The van der Waals surface area contributed by atoms with Crippen LogP contribution < -0.4 is 10.0 Å². The lowest BCUT2D eigenvalue weighted by Crippen LogP contribution is -2.47. The molecule has 0 aliphatic carbocycles. The Morgan fingerprint density at radius 3 is 2.53 bits per heavy atom. The summed E-state index contributed by atoms with van der Waals surface area (Å²) in [5.74, 6) is -0.00782. The highest BCUT2D eigenvalue weighted by Gasteiger charge is 2.37. The van der Waals surface area contributed by atoms with Crippen molar-refractivity contribution in [3.05, 3.63) is 47.5 Å². The first-order chi connectivity index (χ1) is 15.1. The van der Waals surface area contributed by atoms with Gasteiger partial charge in [-0.05, 0) is 62.4 Å². The van der Waals surface area contributed by atoms with E-state index in [2.05, 4.69) is 17.0 Å². The summed E-state index contributed by atoms with van der Waals surface area (Å²) >= 11 is 1.18. The van der Waals surface area contributed by atoms with E-state index in [-0.39, 0.29) is 10.8 Å². The van der Waals surface area contributed by atoms with E-state index >= 15 is 0 Å². The summed E-state index contributed by atoms with van der Waals surface area (Å²) in [6.45, 7) is 7.28. The third-order valence-electron chi connectivity index (χ3n) is 5.95. The standard InChI is InChI=1S/C23H27N3O4S2/c1-14-8-10-26(11-9-14)23(28)21-22(27)24-19-13-17(5-7-20(19)31-21)32(29,30)25-18-6-4-15(2)12-16(18)3/h4-7,12-14,21,25H,8-11H2,1-3H3,(H,24,27)/t21-/m1/s1. The van der Waals surface area contributed by atoms with Gasteiger partial charge in [-0.25, -0.2) is 8.42 Å². The number of nitrogens with zero attached hydrogens (tertiary/aromatic N) is 1. The molecule has 0 bridgehead atoms. The number of fused-ring (bicyclic) bond motifs is 1. The minimum atomic E-state index is -3.84. The summed E-state index contributed by atoms with van der Waals surface area (Å²) < 4.78 is 28.5. The maximum Gasteiger partial charge on any atom is 0.261 e. The smallest absolute Gasteiger partial charge is 0.261 e. The number of hydrogen-bond acceptors (Lipinski definition) is 5. The van der Waals surface area contributed by atoms with Gasteiger partial charge in [-0.3, -0.25) is 14.3 Å². The third kappa shape index (κ3) is 4.63. The average molecular weight is 474 g/mol. The number of carbonyl (C=O) groups is 2. The van der Waals surface area contributed by atoms with Gasteiger partial charge in [0, 0.05) is 18.0 Å². The van der Waals surface area contributed by atoms with Crippen molar-refractivity contribution in [3.63, 3.8) is 0 Å². The Morgan fingerprint density at radius 2 is 1.84 bits per heavy atom. The Labute approximate surface area is 193 Å². The molecular weight excluding hydrogens is 446 g/mol. The van der Waals surface area contributed by atoms with Crippen molar-refractivity contribution in [2.75, 3.05) is 23.1 Å². The molecule has 2 heterocycles. The molecule has 32 heavy (non-hydrogen) atoms. The average Bonchev–Trinajstić information content (AvgIpc) is 2.75. The lowest BCUT2D eigenvalue weighted by molar-refractivity contribution is -0.135. The molecule has 2 N–H and O–H groups in total. The van der Waals surface area contributed by atoms with Crippen LogP contribution in [0.15, 0.2) is 46.2 Å². The molecule has 0 spiro atoms. The molecule has 2 aromatic rings. The van der Waals surface area contributed by atoms with Crippen molar-refractivity contribution in [2.45, 2.75) is 48.7 Å². The molecule has 0 radical (unpaired) electrons. The molecule has 2 amide bonds. The van der Waals surface area contributed by atoms with Crippen molar-refractivity contribution in [1.82, 2.24) is 4.90 Å². The number of carbonyl (C=O) groups excluding carboxylic acids is 2. The van der Waals surface area contributed by atoms with Crippen molar-refractivity contribution < 1.29 is 18.0 Å². The monoisotopic (exact) mass is 473 g/mol. The van der Waals surface area contributed by atoms with Crippen LogP contribution in [0.25, 0.3) is 0 Å². The van der Waals surface area contributed by atoms with E-state index in [4.69, 9.17) is 0 Å². The van der Waals surface area contributed by atoms with E-state index in [9.17, 15) is 18.0 Å². The van der Waals surface area contributed by atoms with Crippen LogP contribution in [-0.4, -0.2) is 43.5 Å². The number of sulfonamides is 1. The van der Waals surface area contributed by atoms with Crippen LogP contribution in [-0.2, 0) is 19.6 Å². The summed E-state index contributed by atoms with van der Waals surface area (Å²) in [7, 11) is -3.84. The van der Waals surface area contributed by atoms with Crippen LogP contribution in [0.2, 0.25) is 0 Å². The zero-order chi connectivity index (χ0) is 23.0. The van der Waals surface area contributed by atoms with Crippen LogP contribution in [0.1, 0.15) is 30.9 Å². The predicted molar refractivity (Wildman–Crippen MR) is 126 cm³/mol. The SMILES string of the molecule is Cc1ccc(NS(=O)(=O)c2ccc3c(c2)NC(=O)[C@H](C(=O)N2CCC(C)CC2)S3)c(C)c1. The minimum absolute atomic E-state index is 0.0481. The third-order valence-corrected chi connectivity index (χ3v) is 8.57. The highest BCUT2D eigenvalue weighted by molar-refractivity contribution is 8.01. The highest BCUT2D eigenvalue weighted by atomic mass is 32.2. The van der Waals surface area contributed by atoms with Crippen LogP contribution in [0.4, 0.5) is 11.4 Å². The van der Waals surface area contributed by atoms with Crippen molar-refractivity contribution >= 4 is 45.0 Å². The summed E-state index contributed by atoms with van der Waals surface area (Å²) in [6, 6.07) is 10.1. The number of aryl methyl sites for hydroxylation is 2. The normalized spacial score (nSPS) is 19.3. The molecule has 4 rings (SSSR count). The van der Waals surface area contributed by atoms with Crippen LogP contribution >= 0.6 is 11.8 Å². The van der Waals surface area contributed by atoms with Gasteiger partial charge < -0.3 is 10.2 Å². The van der Waals surface area contributed by atoms with Gasteiger partial charge in [0.15, 0.2) is 5.25 Å². The molecule has 1 atom stereocenters. The molecule has 2 aliphatic heterocycles. The van der Waals surface area contributed by atoms with E-state index in [1.807, 2.05) is 26.0 Å². The number of piperidine rings is 1. The molecule has 1 fully saturated rings. The minimum Gasteiger partial charge on any atom is -0.341 e. The molecule has 7 nitrogen and oxygen atoms in total. The van der Waals surface area contributed by atoms with Crippen molar-refractivity contribution in [1.29, 1.82) is 0 Å². The first-order valence-electron chi connectivity index (χ1n) is 10.6. The Bertz CT molecular complexity index is 1170. The fraction of sp³-hybridized carbons (Fsp3) is 0.391. The van der Waals surface area contributed by atoms with Gasteiger partial charge in [-0.15, -0.1) is 11.8 Å². The zero-order valence-corrected chi connectivity index (χ0v) is 20.0. The van der Waals surface area contributed by atoms with Crippen LogP contribution in [0, 0.1) is 19.8 Å². The zero-order valence-electron chi connectivity index (χ0n) is 18.3. The molecule has 1 saturated heterocycles.